The number of nitrogens with zero attached hydrogens (tertiary/aromatic N) is 2. The predicted octanol–water partition coefficient (Wildman–Crippen LogP) is 3.88. The van der Waals surface area contributed by atoms with Gasteiger partial charge in [-0.3, -0.25) is 4.79 Å². The van der Waals surface area contributed by atoms with Gasteiger partial charge in [-0.15, -0.1) is 0 Å². The van der Waals surface area contributed by atoms with E-state index in [9.17, 15) is 9.90 Å². The summed E-state index contributed by atoms with van der Waals surface area (Å²) in [5, 5.41) is 10.9. The van der Waals surface area contributed by atoms with Crippen LogP contribution < -0.4 is 9.47 Å². The van der Waals surface area contributed by atoms with E-state index in [0.29, 0.717) is 32.0 Å². The summed E-state index contributed by atoms with van der Waals surface area (Å²) >= 11 is 0. The number of fused-ring (bicyclic) bond motifs is 1. The largest absolute Gasteiger partial charge is 0.491 e. The molecule has 7 heteroatoms. The van der Waals surface area contributed by atoms with Crippen molar-refractivity contribution in [3.05, 3.63) is 77.6 Å². The highest BCUT2D eigenvalue weighted by molar-refractivity contribution is 5.91. The van der Waals surface area contributed by atoms with Crippen LogP contribution in [0, 0.1) is 0 Å². The van der Waals surface area contributed by atoms with Gasteiger partial charge in [-0.2, -0.15) is 0 Å². The molecular formula is C25H28N2O5. The van der Waals surface area contributed by atoms with Crippen LogP contribution in [0.25, 0.3) is 0 Å². The molecule has 7 nitrogen and oxygen atoms in total. The van der Waals surface area contributed by atoms with Crippen molar-refractivity contribution in [2.75, 3.05) is 33.8 Å². The van der Waals surface area contributed by atoms with E-state index in [0.717, 1.165) is 16.9 Å². The maximum absolute atomic E-state index is 13.1. The first-order valence-corrected chi connectivity index (χ1v) is 10.6. The van der Waals surface area contributed by atoms with Crippen LogP contribution >= 0.6 is 0 Å². The van der Waals surface area contributed by atoms with Gasteiger partial charge in [0.25, 0.3) is 11.9 Å². The van der Waals surface area contributed by atoms with Crippen molar-refractivity contribution in [2.45, 2.75) is 19.1 Å². The van der Waals surface area contributed by atoms with Gasteiger partial charge in [-0.1, -0.05) is 24.3 Å². The summed E-state index contributed by atoms with van der Waals surface area (Å²) in [7, 11) is 3.83. The zero-order valence-electron chi connectivity index (χ0n) is 18.6. The monoisotopic (exact) mass is 436 g/mol. The molecule has 0 bridgehead atoms. The van der Waals surface area contributed by atoms with Crippen molar-refractivity contribution < 1.29 is 23.8 Å². The Morgan fingerprint density at radius 1 is 1.16 bits per heavy atom. The molecule has 1 unspecified atom stereocenters. The summed E-state index contributed by atoms with van der Waals surface area (Å²) in [5.41, 5.74) is 0.601. The van der Waals surface area contributed by atoms with Crippen molar-refractivity contribution in [1.82, 2.24) is 9.80 Å². The molecule has 2 heterocycles. The number of likely N-dealkylation sites (N-methyl/N-ethyl adjacent to an activating group) is 1. The van der Waals surface area contributed by atoms with Gasteiger partial charge in [0.05, 0.1) is 12.1 Å². The van der Waals surface area contributed by atoms with E-state index in [2.05, 4.69) is 0 Å². The van der Waals surface area contributed by atoms with Crippen LogP contribution in [-0.2, 0) is 12.1 Å². The molecule has 1 aliphatic rings. The highest BCUT2D eigenvalue weighted by Gasteiger charge is 2.28. The molecular weight excluding hydrogens is 408 g/mol. The third-order valence-electron chi connectivity index (χ3n) is 5.33. The summed E-state index contributed by atoms with van der Waals surface area (Å²) in [4.78, 5) is 16.7. The van der Waals surface area contributed by atoms with Crippen LogP contribution in [-0.4, -0.2) is 54.6 Å². The molecule has 0 saturated carbocycles. The van der Waals surface area contributed by atoms with Gasteiger partial charge in [0.2, 0.25) is 0 Å². The number of amides is 1. The summed E-state index contributed by atoms with van der Waals surface area (Å²) in [6.07, 6.45) is 0. The normalized spacial score (nSPS) is 15.5. The number of carbonyl (C=O) groups excluding carboxylic acids is 1. The lowest BCUT2D eigenvalue weighted by molar-refractivity contribution is 0.0299. The average molecular weight is 437 g/mol. The number of benzene rings is 2. The number of carbonyl (C=O) groups is 1. The van der Waals surface area contributed by atoms with E-state index in [4.69, 9.17) is 13.9 Å². The Morgan fingerprint density at radius 3 is 2.69 bits per heavy atom. The molecule has 0 saturated heterocycles. The number of furan rings is 1. The predicted molar refractivity (Wildman–Crippen MR) is 120 cm³/mol. The second-order valence-corrected chi connectivity index (χ2v) is 8.44. The molecule has 0 radical (unpaired) electrons. The van der Waals surface area contributed by atoms with Gasteiger partial charge in [-0.05, 0) is 56.9 Å². The fourth-order valence-corrected chi connectivity index (χ4v) is 3.86. The molecule has 1 N–H and O–H groups in total. The smallest absolute Gasteiger partial charge is 0.290 e. The van der Waals surface area contributed by atoms with Crippen molar-refractivity contribution >= 4 is 5.91 Å². The van der Waals surface area contributed by atoms with Crippen LogP contribution in [0.2, 0.25) is 0 Å². The van der Waals surface area contributed by atoms with Crippen LogP contribution in [0.3, 0.4) is 0 Å². The van der Waals surface area contributed by atoms with Crippen LogP contribution in [0.5, 0.6) is 17.4 Å². The highest BCUT2D eigenvalue weighted by Crippen LogP contribution is 2.31. The zero-order chi connectivity index (χ0) is 22.7. The van der Waals surface area contributed by atoms with Crippen LogP contribution in [0.15, 0.2) is 65.1 Å². The molecule has 1 aliphatic heterocycles. The Kier molecular flexibility index (Phi) is 6.21. The fraction of sp³-hybridized carbons (Fsp3) is 0.320. The quantitative estimate of drug-likeness (QED) is 0.632. The lowest BCUT2D eigenvalue weighted by Crippen LogP contribution is -2.35. The number of aliphatic hydroxyl groups is 1. The number of hydrogen-bond acceptors (Lipinski definition) is 6. The SMILES string of the molecule is CN(C)CC(C)(O)c1ccc2c(c1)CN(C(=O)c1ccc(Oc3ccccc3)o1)CCO2. The molecule has 0 spiro atoms. The second kappa shape index (κ2) is 9.06. The molecule has 3 aromatic rings. The molecule has 32 heavy (non-hydrogen) atoms. The first kappa shape index (κ1) is 21.9. The summed E-state index contributed by atoms with van der Waals surface area (Å²) in [6, 6.07) is 18.2. The Labute approximate surface area is 187 Å². The molecule has 0 aliphatic carbocycles. The van der Waals surface area contributed by atoms with Gasteiger partial charge in [0.15, 0.2) is 5.76 Å². The number of ether oxygens (including phenoxy) is 2. The minimum absolute atomic E-state index is 0.204. The van der Waals surface area contributed by atoms with Crippen LogP contribution in [0.4, 0.5) is 0 Å². The van der Waals surface area contributed by atoms with Gasteiger partial charge in [0.1, 0.15) is 18.1 Å². The van der Waals surface area contributed by atoms with Gasteiger partial charge < -0.3 is 28.8 Å². The Hall–Kier alpha value is -3.29. The van der Waals surface area contributed by atoms with Gasteiger partial charge >= 0.3 is 0 Å². The van der Waals surface area contributed by atoms with Gasteiger partial charge in [0, 0.05) is 24.7 Å². The lowest BCUT2D eigenvalue weighted by atomic mass is 9.93. The first-order chi connectivity index (χ1) is 15.3. The topological polar surface area (TPSA) is 75.4 Å². The summed E-state index contributed by atoms with van der Waals surface area (Å²) in [6.45, 7) is 3.42. The molecule has 168 valence electrons. The third-order valence-corrected chi connectivity index (χ3v) is 5.33. The lowest BCUT2D eigenvalue weighted by Gasteiger charge is -2.28. The van der Waals surface area contributed by atoms with Crippen LogP contribution in [0.1, 0.15) is 28.6 Å². The molecule has 2 aromatic carbocycles. The number of hydrogen-bond donors (Lipinski definition) is 1. The second-order valence-electron chi connectivity index (χ2n) is 8.44. The maximum Gasteiger partial charge on any atom is 0.290 e. The van der Waals surface area contributed by atoms with E-state index in [1.54, 1.807) is 24.0 Å². The van der Waals surface area contributed by atoms with Crippen molar-refractivity contribution in [2.24, 2.45) is 0 Å². The molecule has 1 atom stereocenters. The van der Waals surface area contributed by atoms with Crippen molar-refractivity contribution in [3.63, 3.8) is 0 Å². The van der Waals surface area contributed by atoms with E-state index >= 15 is 0 Å². The molecule has 0 fully saturated rings. The van der Waals surface area contributed by atoms with Crippen molar-refractivity contribution in [3.8, 4) is 17.4 Å². The standard InChI is InChI=1S/C25H28N2O5/c1-25(29,17-26(2)3)19-9-10-21-18(15-19)16-27(13-14-30-21)24(28)22-11-12-23(32-22)31-20-7-5-4-6-8-20/h4-12,15,29H,13-14,16-17H2,1-3H3. The minimum Gasteiger partial charge on any atom is -0.491 e. The Bertz CT molecular complexity index is 1070. The number of rotatable bonds is 6. The maximum atomic E-state index is 13.1. The van der Waals surface area contributed by atoms with Gasteiger partial charge in [-0.25, -0.2) is 0 Å². The highest BCUT2D eigenvalue weighted by atomic mass is 16.6. The summed E-state index contributed by atoms with van der Waals surface area (Å²) < 4.78 is 17.2. The first-order valence-electron chi connectivity index (χ1n) is 10.6. The van der Waals surface area contributed by atoms with E-state index < -0.39 is 5.60 Å². The van der Waals surface area contributed by atoms with E-state index in [1.165, 1.54) is 0 Å². The minimum atomic E-state index is -1.02. The van der Waals surface area contributed by atoms with Crippen molar-refractivity contribution in [1.29, 1.82) is 0 Å². The zero-order valence-corrected chi connectivity index (χ0v) is 18.6. The fourth-order valence-electron chi connectivity index (χ4n) is 3.86. The Morgan fingerprint density at radius 2 is 1.94 bits per heavy atom. The average Bonchev–Trinajstić information content (AvgIpc) is 3.10. The number of para-hydroxylation sites is 1. The van der Waals surface area contributed by atoms with E-state index in [-0.39, 0.29) is 17.6 Å². The molecule has 1 amide bonds. The van der Waals surface area contributed by atoms with E-state index in [1.807, 2.05) is 67.5 Å². The molecule has 1 aromatic heterocycles. The Balaban J connectivity index is 1.51. The third kappa shape index (κ3) is 4.95. The molecule has 4 rings (SSSR count). The summed E-state index contributed by atoms with van der Waals surface area (Å²) in [5.74, 6) is 1.57.